The van der Waals surface area contributed by atoms with Crippen LogP contribution >= 0.6 is 0 Å². The quantitative estimate of drug-likeness (QED) is 0.266. The van der Waals surface area contributed by atoms with Gasteiger partial charge in [-0.15, -0.1) is 0 Å². The Balaban J connectivity index is 1.96. The van der Waals surface area contributed by atoms with Crippen molar-refractivity contribution in [1.82, 2.24) is 0 Å². The zero-order valence-corrected chi connectivity index (χ0v) is 27.6. The molecule has 0 heterocycles. The summed E-state index contributed by atoms with van der Waals surface area (Å²) in [5, 5.41) is 0. The van der Waals surface area contributed by atoms with Crippen LogP contribution in [0.5, 0.6) is 11.5 Å². The van der Waals surface area contributed by atoms with Crippen molar-refractivity contribution in [1.29, 1.82) is 0 Å². The minimum Gasteiger partial charge on any atom is -0.549 e. The summed E-state index contributed by atoms with van der Waals surface area (Å²) in [6.07, 6.45) is 1.21. The second kappa shape index (κ2) is 11.2. The zero-order valence-electron chi connectivity index (χ0n) is 24.8. The summed E-state index contributed by atoms with van der Waals surface area (Å²) in [6, 6.07) is 15.6. The third-order valence-corrected chi connectivity index (χ3v) is 9.08. The molecule has 0 unspecified atom stereocenters. The van der Waals surface area contributed by atoms with Gasteiger partial charge in [0.25, 0.3) is 0 Å². The molecule has 0 fully saturated rings. The van der Waals surface area contributed by atoms with E-state index in [1.807, 2.05) is 0 Å². The summed E-state index contributed by atoms with van der Waals surface area (Å²) in [5.74, 6) is 2.22. The highest BCUT2D eigenvalue weighted by Crippen LogP contribution is 2.41. The lowest BCUT2D eigenvalue weighted by Gasteiger charge is -2.32. The predicted molar refractivity (Wildman–Crippen MR) is 160 cm³/mol. The Morgan fingerprint density at radius 1 is 0.514 bits per heavy atom. The van der Waals surface area contributed by atoms with Crippen LogP contribution in [0.25, 0.3) is 0 Å². The molecule has 0 radical (unpaired) electrons. The summed E-state index contributed by atoms with van der Waals surface area (Å²) in [7, 11) is -1.21. The van der Waals surface area contributed by atoms with Gasteiger partial charge in [-0.2, -0.15) is 0 Å². The molecule has 0 aliphatic carbocycles. The zero-order chi connectivity index (χ0) is 26.7. The molecule has 2 rings (SSSR count). The van der Waals surface area contributed by atoms with Gasteiger partial charge in [0.05, 0.1) is 0 Å². The molecule has 35 heavy (non-hydrogen) atoms. The first kappa shape index (κ1) is 29.7. The van der Waals surface area contributed by atoms with Gasteiger partial charge in [0.2, 0.25) is 19.5 Å². The minimum atomic E-state index is -0.606. The van der Waals surface area contributed by atoms with Gasteiger partial charge in [-0.3, -0.25) is 0 Å². The van der Waals surface area contributed by atoms with Crippen LogP contribution in [0.3, 0.4) is 0 Å². The molecular formula is C31H52O2Si2. The predicted octanol–water partition coefficient (Wildman–Crippen LogP) is 7.73. The third-order valence-electron chi connectivity index (χ3n) is 6.47. The average molecular weight is 513 g/mol. The van der Waals surface area contributed by atoms with Gasteiger partial charge >= 0.3 is 0 Å². The van der Waals surface area contributed by atoms with Gasteiger partial charge in [0.15, 0.2) is 0 Å². The molecule has 0 atom stereocenters. The lowest BCUT2D eigenvalue weighted by atomic mass is 9.75. The highest BCUT2D eigenvalue weighted by molar-refractivity contribution is 6.30. The fourth-order valence-corrected chi connectivity index (χ4v) is 7.88. The van der Waals surface area contributed by atoms with Crippen molar-refractivity contribution in [3.8, 4) is 11.5 Å². The molecular weight excluding hydrogens is 461 g/mol. The topological polar surface area (TPSA) is 18.5 Å². The maximum absolute atomic E-state index is 6.49. The molecule has 0 aromatic heterocycles. The normalized spacial score (nSPS) is 13.8. The van der Waals surface area contributed by atoms with E-state index in [1.54, 1.807) is 0 Å². The van der Waals surface area contributed by atoms with Crippen LogP contribution in [-0.2, 0) is 21.7 Å². The molecule has 0 saturated heterocycles. The molecule has 2 aromatic rings. The van der Waals surface area contributed by atoms with E-state index in [0.29, 0.717) is 0 Å². The van der Waals surface area contributed by atoms with Crippen molar-refractivity contribution in [2.45, 2.75) is 123 Å². The van der Waals surface area contributed by atoms with Crippen molar-refractivity contribution in [3.05, 3.63) is 58.7 Å². The number of benzene rings is 2. The van der Waals surface area contributed by atoms with E-state index in [4.69, 9.17) is 8.85 Å². The molecule has 0 bridgehead atoms. The van der Waals surface area contributed by atoms with Crippen LogP contribution in [0.4, 0.5) is 0 Å². The van der Waals surface area contributed by atoms with Crippen molar-refractivity contribution in [2.24, 2.45) is 0 Å². The van der Waals surface area contributed by atoms with E-state index >= 15 is 0 Å². The van der Waals surface area contributed by atoms with Gasteiger partial charge in [-0.25, -0.2) is 0 Å². The second-order valence-electron chi connectivity index (χ2n) is 14.1. The molecule has 0 aliphatic rings. The Morgan fingerprint density at radius 2 is 0.857 bits per heavy atom. The van der Waals surface area contributed by atoms with E-state index in [1.165, 1.54) is 40.8 Å². The molecule has 0 aliphatic heterocycles. The van der Waals surface area contributed by atoms with Gasteiger partial charge in [0, 0.05) is 11.1 Å². The van der Waals surface area contributed by atoms with Crippen LogP contribution in [0.1, 0.15) is 112 Å². The molecule has 2 nitrogen and oxygen atoms in total. The van der Waals surface area contributed by atoms with E-state index in [9.17, 15) is 0 Å². The maximum atomic E-state index is 6.49. The van der Waals surface area contributed by atoms with E-state index < -0.39 is 19.5 Å². The Bertz CT molecular complexity index is 888. The SMILES string of the molecule is CC(C)(C)c1cccc(O[SiH2]CCC[SiH2]Oc2cccc(C(C)(C)C)c2C(C)(C)C)c1C(C)(C)C. The van der Waals surface area contributed by atoms with Crippen LogP contribution < -0.4 is 8.85 Å². The maximum Gasteiger partial charge on any atom is 0.219 e. The lowest BCUT2D eigenvalue weighted by molar-refractivity contribution is 0.492. The van der Waals surface area contributed by atoms with E-state index in [0.717, 1.165) is 11.5 Å². The molecule has 0 N–H and O–H groups in total. The van der Waals surface area contributed by atoms with Crippen molar-refractivity contribution < 1.29 is 8.85 Å². The minimum absolute atomic E-state index is 0.0702. The number of rotatable bonds is 8. The van der Waals surface area contributed by atoms with Crippen LogP contribution in [0.15, 0.2) is 36.4 Å². The van der Waals surface area contributed by atoms with Crippen LogP contribution in [0.2, 0.25) is 12.1 Å². The molecule has 4 heteroatoms. The molecule has 2 aromatic carbocycles. The first-order valence-corrected chi connectivity index (χ1v) is 16.6. The van der Waals surface area contributed by atoms with Gasteiger partial charge < -0.3 is 8.85 Å². The highest BCUT2D eigenvalue weighted by Gasteiger charge is 2.29. The average Bonchev–Trinajstić information content (AvgIpc) is 2.69. The summed E-state index contributed by atoms with van der Waals surface area (Å²) in [4.78, 5) is 0. The van der Waals surface area contributed by atoms with Crippen LogP contribution in [0, 0.1) is 0 Å². The summed E-state index contributed by atoms with van der Waals surface area (Å²) >= 11 is 0. The Kier molecular flexibility index (Phi) is 9.55. The molecule has 0 amide bonds. The van der Waals surface area contributed by atoms with Crippen molar-refractivity contribution >= 4 is 19.5 Å². The largest absolute Gasteiger partial charge is 0.549 e. The van der Waals surface area contributed by atoms with Gasteiger partial charge in [-0.05, 0) is 57.0 Å². The third kappa shape index (κ3) is 8.25. The fourth-order valence-electron chi connectivity index (χ4n) is 4.85. The molecule has 0 saturated carbocycles. The Hall–Kier alpha value is -1.53. The molecule has 0 spiro atoms. The summed E-state index contributed by atoms with van der Waals surface area (Å²) in [5.41, 5.74) is 5.94. The smallest absolute Gasteiger partial charge is 0.219 e. The Morgan fingerprint density at radius 3 is 1.14 bits per heavy atom. The lowest BCUT2D eigenvalue weighted by Crippen LogP contribution is -2.23. The first-order chi connectivity index (χ1) is 15.9. The van der Waals surface area contributed by atoms with Gasteiger partial charge in [-0.1, -0.05) is 114 Å². The number of hydrogen-bond donors (Lipinski definition) is 0. The summed E-state index contributed by atoms with van der Waals surface area (Å²) in [6.45, 7) is 27.6. The van der Waals surface area contributed by atoms with Crippen LogP contribution in [-0.4, -0.2) is 19.5 Å². The standard InChI is InChI=1S/C31H52O2Si2/c1-28(2,3)22-16-13-18-24(26(22)30(7,8)9)32-34-20-15-21-35-33-25-19-14-17-23(29(4,5)6)27(25)31(10,11)12/h13-14,16-19H,15,20-21,34-35H2,1-12H3. The Labute approximate surface area is 221 Å². The van der Waals surface area contributed by atoms with Crippen molar-refractivity contribution in [3.63, 3.8) is 0 Å². The fraction of sp³-hybridized carbons (Fsp3) is 0.613. The van der Waals surface area contributed by atoms with Crippen molar-refractivity contribution in [2.75, 3.05) is 0 Å². The van der Waals surface area contributed by atoms with E-state index in [2.05, 4.69) is 119 Å². The summed E-state index contributed by atoms with van der Waals surface area (Å²) < 4.78 is 13.0. The monoisotopic (exact) mass is 512 g/mol. The second-order valence-corrected chi connectivity index (χ2v) is 16.9. The molecule has 196 valence electrons. The van der Waals surface area contributed by atoms with Gasteiger partial charge in [0.1, 0.15) is 11.5 Å². The number of hydrogen-bond acceptors (Lipinski definition) is 2. The first-order valence-electron chi connectivity index (χ1n) is 13.5. The highest BCUT2D eigenvalue weighted by atomic mass is 28.2. The van der Waals surface area contributed by atoms with E-state index in [-0.39, 0.29) is 21.7 Å².